The minimum Gasteiger partial charge on any atom is -0.389 e. The molecule has 0 saturated carbocycles. The van der Waals surface area contributed by atoms with E-state index in [-0.39, 0.29) is 0 Å². The first-order valence-electron chi connectivity index (χ1n) is 6.30. The fraction of sp³-hybridized carbons (Fsp3) is 0.467. The van der Waals surface area contributed by atoms with E-state index in [1.165, 1.54) is 0 Å². The van der Waals surface area contributed by atoms with Gasteiger partial charge in [0.15, 0.2) is 0 Å². The molecule has 0 spiro atoms. The summed E-state index contributed by atoms with van der Waals surface area (Å²) in [7, 11) is -1.41. The average Bonchev–Trinajstić information content (AvgIpc) is 2.38. The van der Waals surface area contributed by atoms with Crippen molar-refractivity contribution in [3.8, 4) is 0 Å². The fourth-order valence-electron chi connectivity index (χ4n) is 1.69. The maximum atomic E-state index is 12.7. The number of aliphatic hydroxyl groups excluding tert-OH is 1. The Bertz CT molecular complexity index is 450. The highest BCUT2D eigenvalue weighted by Gasteiger charge is 2.25. The standard InChI is InChI=1S/C15H21FO2S/c1-11(2)4-9-15(14(17)10-16)19(18)13-7-5-12(3)6-8-13/h4-8,14-15,17H,9-10H2,1-3H3/t14-,15-,19?/m1/s1. The van der Waals surface area contributed by atoms with Crippen LogP contribution in [0.2, 0.25) is 0 Å². The number of aryl methyl sites for hydroxylation is 1. The van der Waals surface area contributed by atoms with Gasteiger partial charge in [-0.2, -0.15) is 0 Å². The summed E-state index contributed by atoms with van der Waals surface area (Å²) >= 11 is 0. The highest BCUT2D eigenvalue weighted by atomic mass is 32.2. The Morgan fingerprint density at radius 1 is 1.37 bits per heavy atom. The molecule has 0 radical (unpaired) electrons. The van der Waals surface area contributed by atoms with Crippen LogP contribution < -0.4 is 0 Å². The summed E-state index contributed by atoms with van der Waals surface area (Å²) in [6.07, 6.45) is 1.10. The second kappa shape index (κ2) is 7.56. The van der Waals surface area contributed by atoms with E-state index in [0.29, 0.717) is 11.3 Å². The first-order valence-corrected chi connectivity index (χ1v) is 7.51. The Hall–Kier alpha value is -1.00. The maximum absolute atomic E-state index is 12.7. The van der Waals surface area contributed by atoms with E-state index in [2.05, 4.69) is 0 Å². The minimum atomic E-state index is -1.41. The zero-order chi connectivity index (χ0) is 14.4. The summed E-state index contributed by atoms with van der Waals surface area (Å²) in [5.41, 5.74) is 2.14. The third-order valence-electron chi connectivity index (χ3n) is 2.87. The summed E-state index contributed by atoms with van der Waals surface area (Å²) in [5, 5.41) is 9.11. The molecule has 0 fully saturated rings. The highest BCUT2D eigenvalue weighted by Crippen LogP contribution is 2.19. The zero-order valence-electron chi connectivity index (χ0n) is 11.6. The smallest absolute Gasteiger partial charge is 0.116 e. The van der Waals surface area contributed by atoms with E-state index >= 15 is 0 Å². The Balaban J connectivity index is 2.93. The summed E-state index contributed by atoms with van der Waals surface area (Å²) in [6, 6.07) is 7.28. The topological polar surface area (TPSA) is 37.3 Å². The van der Waals surface area contributed by atoms with E-state index in [4.69, 9.17) is 0 Å². The first kappa shape index (κ1) is 16.1. The molecular weight excluding hydrogens is 263 g/mol. The number of benzene rings is 1. The van der Waals surface area contributed by atoms with E-state index < -0.39 is 28.8 Å². The van der Waals surface area contributed by atoms with E-state index in [1.54, 1.807) is 12.1 Å². The molecule has 4 heteroatoms. The third kappa shape index (κ3) is 4.88. The number of halogens is 1. The molecular formula is C15H21FO2S. The molecule has 1 aromatic carbocycles. The van der Waals surface area contributed by atoms with Crippen LogP contribution in [0.15, 0.2) is 40.8 Å². The van der Waals surface area contributed by atoms with Crippen LogP contribution >= 0.6 is 0 Å². The molecule has 0 saturated heterocycles. The Morgan fingerprint density at radius 2 is 1.95 bits per heavy atom. The van der Waals surface area contributed by atoms with Gasteiger partial charge in [-0.25, -0.2) is 4.39 Å². The van der Waals surface area contributed by atoms with Crippen molar-refractivity contribution >= 4 is 10.8 Å². The van der Waals surface area contributed by atoms with Gasteiger partial charge in [0.05, 0.1) is 22.2 Å². The minimum absolute atomic E-state index is 0.411. The largest absolute Gasteiger partial charge is 0.389 e. The van der Waals surface area contributed by atoms with Gasteiger partial charge in [0, 0.05) is 4.90 Å². The van der Waals surface area contributed by atoms with Crippen molar-refractivity contribution in [3.05, 3.63) is 41.5 Å². The average molecular weight is 284 g/mol. The molecule has 1 rings (SSSR count). The monoisotopic (exact) mass is 284 g/mol. The molecule has 106 valence electrons. The van der Waals surface area contributed by atoms with Crippen molar-refractivity contribution < 1.29 is 13.7 Å². The summed E-state index contributed by atoms with van der Waals surface area (Å²) < 4.78 is 25.1. The molecule has 0 aliphatic carbocycles. The van der Waals surface area contributed by atoms with Crippen LogP contribution in [-0.4, -0.2) is 27.3 Å². The molecule has 0 aliphatic heterocycles. The van der Waals surface area contributed by atoms with Crippen LogP contribution in [0.3, 0.4) is 0 Å². The van der Waals surface area contributed by atoms with Crippen molar-refractivity contribution in [1.82, 2.24) is 0 Å². The molecule has 0 bridgehead atoms. The van der Waals surface area contributed by atoms with Gasteiger partial charge < -0.3 is 5.11 Å². The second-order valence-electron chi connectivity index (χ2n) is 4.89. The zero-order valence-corrected chi connectivity index (χ0v) is 12.4. The molecule has 3 atom stereocenters. The third-order valence-corrected chi connectivity index (χ3v) is 4.67. The summed E-state index contributed by atoms with van der Waals surface area (Å²) in [6.45, 7) is 4.92. The second-order valence-corrected chi connectivity index (χ2v) is 6.56. The van der Waals surface area contributed by atoms with Crippen molar-refractivity contribution in [3.63, 3.8) is 0 Å². The van der Waals surface area contributed by atoms with Crippen molar-refractivity contribution in [2.45, 2.75) is 43.4 Å². The van der Waals surface area contributed by atoms with Crippen LogP contribution in [0.5, 0.6) is 0 Å². The number of hydrogen-bond donors (Lipinski definition) is 1. The normalized spacial score (nSPS) is 15.6. The van der Waals surface area contributed by atoms with Gasteiger partial charge in [-0.1, -0.05) is 29.3 Å². The predicted molar refractivity (Wildman–Crippen MR) is 77.4 cm³/mol. The van der Waals surface area contributed by atoms with Crippen molar-refractivity contribution in [1.29, 1.82) is 0 Å². The van der Waals surface area contributed by atoms with Gasteiger partial charge in [0.2, 0.25) is 0 Å². The molecule has 1 unspecified atom stereocenters. The van der Waals surface area contributed by atoms with Gasteiger partial charge in [-0.05, 0) is 39.3 Å². The number of rotatable bonds is 6. The lowest BCUT2D eigenvalue weighted by Crippen LogP contribution is -2.31. The molecule has 0 amide bonds. The number of allylic oxidation sites excluding steroid dienone is 2. The molecule has 2 nitrogen and oxygen atoms in total. The van der Waals surface area contributed by atoms with E-state index in [1.807, 2.05) is 39.0 Å². The Kier molecular flexibility index (Phi) is 6.38. The maximum Gasteiger partial charge on any atom is 0.116 e. The van der Waals surface area contributed by atoms with Crippen LogP contribution in [0.1, 0.15) is 25.8 Å². The Morgan fingerprint density at radius 3 is 2.42 bits per heavy atom. The number of hydrogen-bond acceptors (Lipinski definition) is 2. The van der Waals surface area contributed by atoms with Gasteiger partial charge in [-0.3, -0.25) is 4.21 Å². The van der Waals surface area contributed by atoms with Gasteiger partial charge >= 0.3 is 0 Å². The SMILES string of the molecule is CC(C)=CC[C@H]([C@H](O)CF)S(=O)c1ccc(C)cc1. The number of aliphatic hydroxyl groups is 1. The summed E-state index contributed by atoms with van der Waals surface area (Å²) in [4.78, 5) is 0.630. The van der Waals surface area contributed by atoms with Crippen LogP contribution in [0.25, 0.3) is 0 Å². The quantitative estimate of drug-likeness (QED) is 0.815. The predicted octanol–water partition coefficient (Wildman–Crippen LogP) is 3.16. The lowest BCUT2D eigenvalue weighted by atomic mass is 10.1. The lowest BCUT2D eigenvalue weighted by Gasteiger charge is -2.19. The molecule has 19 heavy (non-hydrogen) atoms. The van der Waals surface area contributed by atoms with Crippen LogP contribution in [0, 0.1) is 6.92 Å². The Labute approximate surface area is 116 Å². The molecule has 0 aliphatic rings. The first-order chi connectivity index (χ1) is 8.95. The lowest BCUT2D eigenvalue weighted by molar-refractivity contribution is 0.136. The van der Waals surface area contributed by atoms with Crippen LogP contribution in [0.4, 0.5) is 4.39 Å². The van der Waals surface area contributed by atoms with Crippen molar-refractivity contribution in [2.24, 2.45) is 0 Å². The fourth-order valence-corrected chi connectivity index (χ4v) is 3.07. The van der Waals surface area contributed by atoms with Gasteiger partial charge in [0.1, 0.15) is 6.67 Å². The molecule has 1 N–H and O–H groups in total. The van der Waals surface area contributed by atoms with E-state index in [0.717, 1.165) is 11.1 Å². The molecule has 1 aromatic rings. The van der Waals surface area contributed by atoms with Crippen LogP contribution in [-0.2, 0) is 10.8 Å². The molecule has 0 aromatic heterocycles. The number of alkyl halides is 1. The highest BCUT2D eigenvalue weighted by molar-refractivity contribution is 7.85. The van der Waals surface area contributed by atoms with E-state index in [9.17, 15) is 13.7 Å². The van der Waals surface area contributed by atoms with Gasteiger partial charge in [-0.15, -0.1) is 0 Å². The van der Waals surface area contributed by atoms with Crippen molar-refractivity contribution in [2.75, 3.05) is 6.67 Å². The van der Waals surface area contributed by atoms with Gasteiger partial charge in [0.25, 0.3) is 0 Å². The molecule has 0 heterocycles. The summed E-state index contributed by atoms with van der Waals surface area (Å²) in [5.74, 6) is 0.